The van der Waals surface area contributed by atoms with Crippen LogP contribution in [0.2, 0.25) is 0 Å². The van der Waals surface area contributed by atoms with Crippen LogP contribution in [0.25, 0.3) is 0 Å². The smallest absolute Gasteiger partial charge is 0.264 e. The Morgan fingerprint density at radius 2 is 1.74 bits per heavy atom. The Kier molecular flexibility index (Phi) is 8.94. The van der Waals surface area contributed by atoms with E-state index in [9.17, 15) is 4.79 Å². The summed E-state index contributed by atoms with van der Waals surface area (Å²) in [4.78, 5) is 22.2. The van der Waals surface area contributed by atoms with Crippen LogP contribution in [0.5, 0.6) is 17.2 Å². The molecule has 1 aromatic carbocycles. The van der Waals surface area contributed by atoms with E-state index in [0.717, 1.165) is 44.0 Å². The molecule has 35 heavy (non-hydrogen) atoms. The Morgan fingerprint density at radius 1 is 1.06 bits per heavy atom. The Hall–Kier alpha value is -3.14. The number of rotatable bonds is 11. The molecular formula is C26H31N3O5S. The van der Waals surface area contributed by atoms with Crippen molar-refractivity contribution < 1.29 is 23.7 Å². The summed E-state index contributed by atoms with van der Waals surface area (Å²) in [5.41, 5.74) is 1.89. The number of morpholine rings is 1. The minimum Gasteiger partial charge on any atom is -0.493 e. The number of nitrogens with zero attached hydrogens (tertiary/aromatic N) is 3. The summed E-state index contributed by atoms with van der Waals surface area (Å²) in [5, 5.41) is 1.91. The zero-order chi connectivity index (χ0) is 24.5. The van der Waals surface area contributed by atoms with E-state index in [1.54, 1.807) is 26.6 Å². The van der Waals surface area contributed by atoms with Crippen LogP contribution in [0.4, 0.5) is 0 Å². The molecule has 0 radical (unpaired) electrons. The number of hydrogen-bond acceptors (Lipinski definition) is 8. The van der Waals surface area contributed by atoms with E-state index in [2.05, 4.69) is 9.88 Å². The van der Waals surface area contributed by atoms with Crippen molar-refractivity contribution in [1.29, 1.82) is 0 Å². The van der Waals surface area contributed by atoms with Crippen molar-refractivity contribution in [3.63, 3.8) is 0 Å². The highest BCUT2D eigenvalue weighted by Gasteiger charge is 2.21. The number of thiophene rings is 1. The van der Waals surface area contributed by atoms with Crippen molar-refractivity contribution in [2.24, 2.45) is 0 Å². The molecule has 1 amide bonds. The van der Waals surface area contributed by atoms with E-state index in [1.807, 2.05) is 46.7 Å². The first-order valence-electron chi connectivity index (χ1n) is 11.6. The lowest BCUT2D eigenvalue weighted by Gasteiger charge is -2.27. The molecule has 1 aliphatic rings. The third-order valence-corrected chi connectivity index (χ3v) is 6.65. The van der Waals surface area contributed by atoms with Gasteiger partial charge in [0.15, 0.2) is 11.5 Å². The summed E-state index contributed by atoms with van der Waals surface area (Å²) in [6, 6.07) is 11.4. The lowest BCUT2D eigenvalue weighted by Crippen LogP contribution is -2.38. The minimum atomic E-state index is -0.0272. The highest BCUT2D eigenvalue weighted by molar-refractivity contribution is 7.12. The zero-order valence-corrected chi connectivity index (χ0v) is 21.0. The molecule has 8 nitrogen and oxygen atoms in total. The number of ether oxygens (including phenoxy) is 4. The van der Waals surface area contributed by atoms with E-state index in [1.165, 1.54) is 11.3 Å². The van der Waals surface area contributed by atoms with Gasteiger partial charge < -0.3 is 23.8 Å². The van der Waals surface area contributed by atoms with Crippen molar-refractivity contribution in [2.45, 2.75) is 13.1 Å². The topological polar surface area (TPSA) is 73.4 Å². The largest absolute Gasteiger partial charge is 0.493 e. The van der Waals surface area contributed by atoms with Crippen molar-refractivity contribution in [3.8, 4) is 17.2 Å². The predicted molar refractivity (Wildman–Crippen MR) is 134 cm³/mol. The first-order chi connectivity index (χ1) is 17.2. The second kappa shape index (κ2) is 12.5. The lowest BCUT2D eigenvalue weighted by atomic mass is 10.1. The van der Waals surface area contributed by atoms with Gasteiger partial charge in [0, 0.05) is 45.1 Å². The molecule has 9 heteroatoms. The summed E-state index contributed by atoms with van der Waals surface area (Å²) in [6.45, 7) is 5.47. The first kappa shape index (κ1) is 25.0. The summed E-state index contributed by atoms with van der Waals surface area (Å²) in [6.07, 6.45) is 3.47. The van der Waals surface area contributed by atoms with E-state index < -0.39 is 0 Å². The zero-order valence-electron chi connectivity index (χ0n) is 20.1. The van der Waals surface area contributed by atoms with Gasteiger partial charge in [-0.3, -0.25) is 14.7 Å². The van der Waals surface area contributed by atoms with Gasteiger partial charge in [-0.15, -0.1) is 11.3 Å². The number of benzene rings is 1. The Balaban J connectivity index is 1.52. The monoisotopic (exact) mass is 497 g/mol. The van der Waals surface area contributed by atoms with Crippen LogP contribution in [0.15, 0.2) is 54.2 Å². The average molecular weight is 498 g/mol. The third kappa shape index (κ3) is 6.72. The Labute approximate surface area is 210 Å². The van der Waals surface area contributed by atoms with E-state index in [-0.39, 0.29) is 5.91 Å². The van der Waals surface area contributed by atoms with Crippen LogP contribution in [0.1, 0.15) is 20.8 Å². The van der Waals surface area contributed by atoms with Crippen molar-refractivity contribution in [3.05, 3.63) is 70.2 Å². The van der Waals surface area contributed by atoms with Gasteiger partial charge in [0.05, 0.1) is 32.3 Å². The molecule has 3 aromatic rings. The van der Waals surface area contributed by atoms with Gasteiger partial charge in [-0.25, -0.2) is 0 Å². The number of aromatic nitrogens is 1. The molecule has 186 valence electrons. The maximum atomic E-state index is 13.3. The van der Waals surface area contributed by atoms with E-state index in [0.29, 0.717) is 41.8 Å². The molecule has 0 spiro atoms. The number of methoxy groups -OCH3 is 2. The molecule has 4 rings (SSSR count). The van der Waals surface area contributed by atoms with Gasteiger partial charge in [0.2, 0.25) is 5.75 Å². The Bertz CT molecular complexity index is 1050. The summed E-state index contributed by atoms with van der Waals surface area (Å²) >= 11 is 1.43. The molecule has 0 unspecified atom stereocenters. The molecule has 1 fully saturated rings. The molecule has 3 heterocycles. The van der Waals surface area contributed by atoms with Crippen molar-refractivity contribution >= 4 is 17.2 Å². The van der Waals surface area contributed by atoms with Crippen LogP contribution in [-0.2, 0) is 17.8 Å². The van der Waals surface area contributed by atoms with Gasteiger partial charge in [0.1, 0.15) is 6.61 Å². The summed E-state index contributed by atoms with van der Waals surface area (Å²) < 4.78 is 22.8. The Morgan fingerprint density at radius 3 is 2.37 bits per heavy atom. The second-order valence-corrected chi connectivity index (χ2v) is 9.07. The molecule has 0 atom stereocenters. The first-order valence-corrected chi connectivity index (χ1v) is 12.5. The predicted octanol–water partition coefficient (Wildman–Crippen LogP) is 3.71. The third-order valence-electron chi connectivity index (χ3n) is 5.79. The van der Waals surface area contributed by atoms with Crippen LogP contribution >= 0.6 is 11.3 Å². The normalized spacial score (nSPS) is 13.9. The van der Waals surface area contributed by atoms with E-state index in [4.69, 9.17) is 18.9 Å². The maximum absolute atomic E-state index is 13.3. The number of pyridine rings is 1. The van der Waals surface area contributed by atoms with Gasteiger partial charge >= 0.3 is 0 Å². The minimum absolute atomic E-state index is 0.0272. The van der Waals surface area contributed by atoms with E-state index >= 15 is 0 Å². The highest BCUT2D eigenvalue weighted by Crippen LogP contribution is 2.39. The van der Waals surface area contributed by atoms with Crippen molar-refractivity contribution in [2.75, 3.05) is 53.7 Å². The SMILES string of the molecule is COc1cc(CN(Cc2ccncc2)C(=O)c2cccs2)cc(OC)c1OCCN1CCOCC1. The number of carbonyl (C=O) groups is 1. The molecule has 0 N–H and O–H groups in total. The standard InChI is InChI=1S/C26H31N3O5S/c1-31-22-16-21(17-23(32-2)25(22)34-14-11-28-9-12-33-13-10-28)19-29(18-20-5-7-27-8-6-20)26(30)24-4-3-15-35-24/h3-8,15-17H,9-14,18-19H2,1-2H3. The van der Waals surface area contributed by atoms with Crippen LogP contribution < -0.4 is 14.2 Å². The molecular weight excluding hydrogens is 466 g/mol. The van der Waals surface area contributed by atoms with Gasteiger partial charge in [-0.1, -0.05) is 6.07 Å². The van der Waals surface area contributed by atoms with Crippen LogP contribution in [0.3, 0.4) is 0 Å². The summed E-state index contributed by atoms with van der Waals surface area (Å²) in [7, 11) is 3.22. The quantitative estimate of drug-likeness (QED) is 0.400. The number of carbonyl (C=O) groups excluding carboxylic acids is 1. The fourth-order valence-electron chi connectivity index (χ4n) is 3.95. The van der Waals surface area contributed by atoms with Gasteiger partial charge in [-0.2, -0.15) is 0 Å². The van der Waals surface area contributed by atoms with Gasteiger partial charge in [-0.05, 0) is 46.8 Å². The molecule has 0 aliphatic carbocycles. The fourth-order valence-corrected chi connectivity index (χ4v) is 4.64. The van der Waals surface area contributed by atoms with Crippen molar-refractivity contribution in [1.82, 2.24) is 14.8 Å². The van der Waals surface area contributed by atoms with Gasteiger partial charge in [0.25, 0.3) is 5.91 Å². The molecule has 0 saturated carbocycles. The number of hydrogen-bond donors (Lipinski definition) is 0. The maximum Gasteiger partial charge on any atom is 0.264 e. The molecule has 1 aliphatic heterocycles. The molecule has 1 saturated heterocycles. The van der Waals surface area contributed by atoms with Crippen LogP contribution in [0, 0.1) is 0 Å². The highest BCUT2D eigenvalue weighted by atomic mass is 32.1. The fraction of sp³-hybridized carbons (Fsp3) is 0.385. The second-order valence-electron chi connectivity index (χ2n) is 8.13. The average Bonchev–Trinajstić information content (AvgIpc) is 3.44. The molecule has 0 bridgehead atoms. The summed E-state index contributed by atoms with van der Waals surface area (Å²) in [5.74, 6) is 1.69. The number of amides is 1. The molecule has 2 aromatic heterocycles. The van der Waals surface area contributed by atoms with Crippen LogP contribution in [-0.4, -0.2) is 74.4 Å². The lowest BCUT2D eigenvalue weighted by molar-refractivity contribution is 0.0319.